The topological polar surface area (TPSA) is 67.8 Å². The molecule has 0 radical (unpaired) electrons. The highest BCUT2D eigenvalue weighted by Gasteiger charge is 2.13. The maximum absolute atomic E-state index is 13.4. The second-order valence-corrected chi connectivity index (χ2v) is 4.44. The third-order valence-electron chi connectivity index (χ3n) is 2.37. The lowest BCUT2D eigenvalue weighted by Crippen LogP contribution is -2.16. The lowest BCUT2D eigenvalue weighted by atomic mass is 10.2. The molecule has 1 N–H and O–H groups in total. The molecule has 94 valence electrons. The predicted molar refractivity (Wildman–Crippen MR) is 64.4 cm³/mol. The quantitative estimate of drug-likeness (QED) is 0.856. The SMILES string of the molecule is CCn1c(Sc2cccc(F)c2C=O)n[nH]c1=O. The minimum Gasteiger partial charge on any atom is -0.298 e. The Balaban J connectivity index is 2.43. The van der Waals surface area contributed by atoms with Gasteiger partial charge in [0, 0.05) is 11.4 Å². The highest BCUT2D eigenvalue weighted by atomic mass is 32.2. The number of rotatable bonds is 4. The number of nitrogens with zero attached hydrogens (tertiary/aromatic N) is 2. The molecule has 1 aromatic heterocycles. The summed E-state index contributed by atoms with van der Waals surface area (Å²) in [5.74, 6) is -0.587. The van der Waals surface area contributed by atoms with Crippen LogP contribution in [0, 0.1) is 5.82 Å². The molecule has 0 saturated carbocycles. The van der Waals surface area contributed by atoms with E-state index in [2.05, 4.69) is 10.2 Å². The third-order valence-corrected chi connectivity index (χ3v) is 3.44. The molecule has 0 bridgehead atoms. The molecule has 1 heterocycles. The Morgan fingerprint density at radius 2 is 2.33 bits per heavy atom. The molecule has 2 rings (SSSR count). The molecule has 0 atom stereocenters. The first-order valence-electron chi connectivity index (χ1n) is 5.24. The maximum Gasteiger partial charge on any atom is 0.343 e. The Hall–Kier alpha value is -1.89. The fourth-order valence-corrected chi connectivity index (χ4v) is 2.49. The smallest absolute Gasteiger partial charge is 0.298 e. The number of H-pyrrole nitrogens is 1. The van der Waals surface area contributed by atoms with Crippen molar-refractivity contribution in [3.8, 4) is 0 Å². The lowest BCUT2D eigenvalue weighted by Gasteiger charge is -2.05. The number of aldehydes is 1. The van der Waals surface area contributed by atoms with Gasteiger partial charge in [-0.15, -0.1) is 5.10 Å². The third kappa shape index (κ3) is 2.21. The largest absolute Gasteiger partial charge is 0.343 e. The Morgan fingerprint density at radius 3 is 3.00 bits per heavy atom. The van der Waals surface area contributed by atoms with Gasteiger partial charge in [-0.05, 0) is 30.8 Å². The number of hydrogen-bond donors (Lipinski definition) is 1. The summed E-state index contributed by atoms with van der Waals surface area (Å²) < 4.78 is 14.8. The molecule has 0 amide bonds. The van der Waals surface area contributed by atoms with E-state index in [4.69, 9.17) is 0 Å². The minimum absolute atomic E-state index is 0.0272. The van der Waals surface area contributed by atoms with E-state index in [0.717, 1.165) is 11.8 Å². The van der Waals surface area contributed by atoms with E-state index in [9.17, 15) is 14.0 Å². The summed E-state index contributed by atoms with van der Waals surface area (Å²) in [6.07, 6.45) is 0.457. The van der Waals surface area contributed by atoms with Gasteiger partial charge < -0.3 is 0 Å². The van der Waals surface area contributed by atoms with Crippen LogP contribution in [0.1, 0.15) is 17.3 Å². The molecular formula is C11H10FN3O2S. The average molecular weight is 267 g/mol. The lowest BCUT2D eigenvalue weighted by molar-refractivity contribution is 0.111. The van der Waals surface area contributed by atoms with E-state index in [1.165, 1.54) is 16.7 Å². The molecule has 0 fully saturated rings. The normalized spacial score (nSPS) is 10.6. The first-order valence-corrected chi connectivity index (χ1v) is 6.05. The van der Waals surface area contributed by atoms with Crippen molar-refractivity contribution in [2.75, 3.05) is 0 Å². The van der Waals surface area contributed by atoms with Gasteiger partial charge in [0.15, 0.2) is 11.4 Å². The molecule has 5 nitrogen and oxygen atoms in total. The standard InChI is InChI=1S/C11H10FN3O2S/c1-2-15-10(17)13-14-11(15)18-9-5-3-4-8(12)7(9)6-16/h3-6H,2H2,1H3,(H,13,17). The number of carbonyl (C=O) groups excluding carboxylic acids is 1. The van der Waals surface area contributed by atoms with Crippen molar-refractivity contribution in [3.63, 3.8) is 0 Å². The van der Waals surface area contributed by atoms with Gasteiger partial charge in [0.2, 0.25) is 0 Å². The van der Waals surface area contributed by atoms with E-state index in [-0.39, 0.29) is 11.3 Å². The van der Waals surface area contributed by atoms with E-state index in [0.29, 0.717) is 22.9 Å². The van der Waals surface area contributed by atoms with Gasteiger partial charge in [-0.1, -0.05) is 6.07 Å². The van der Waals surface area contributed by atoms with Crippen LogP contribution in [0.25, 0.3) is 0 Å². The van der Waals surface area contributed by atoms with E-state index >= 15 is 0 Å². The van der Waals surface area contributed by atoms with Gasteiger partial charge in [-0.25, -0.2) is 14.3 Å². The number of halogens is 1. The summed E-state index contributed by atoms with van der Waals surface area (Å²) >= 11 is 1.07. The molecule has 0 aliphatic carbocycles. The first-order chi connectivity index (χ1) is 8.67. The van der Waals surface area contributed by atoms with Crippen LogP contribution < -0.4 is 5.69 Å². The molecule has 2 aromatic rings. The number of hydrogen-bond acceptors (Lipinski definition) is 4. The van der Waals surface area contributed by atoms with Crippen molar-refractivity contribution in [1.82, 2.24) is 14.8 Å². The Bertz CT molecular complexity index is 635. The van der Waals surface area contributed by atoms with Gasteiger partial charge in [-0.2, -0.15) is 0 Å². The number of carbonyl (C=O) groups is 1. The van der Waals surface area contributed by atoms with Crippen LogP contribution in [0.3, 0.4) is 0 Å². The van der Waals surface area contributed by atoms with E-state index < -0.39 is 5.82 Å². The van der Waals surface area contributed by atoms with Gasteiger partial charge >= 0.3 is 5.69 Å². The predicted octanol–water partition coefficient (Wildman–Crippen LogP) is 1.69. The van der Waals surface area contributed by atoms with Crippen LogP contribution in [-0.4, -0.2) is 21.1 Å². The van der Waals surface area contributed by atoms with Gasteiger partial charge in [0.25, 0.3) is 0 Å². The number of nitrogens with one attached hydrogen (secondary N) is 1. The Labute approximate surface area is 106 Å². The zero-order valence-electron chi connectivity index (χ0n) is 9.51. The van der Waals surface area contributed by atoms with Crippen molar-refractivity contribution in [2.24, 2.45) is 0 Å². The highest BCUT2D eigenvalue weighted by Crippen LogP contribution is 2.28. The van der Waals surface area contributed by atoms with Crippen LogP contribution in [0.2, 0.25) is 0 Å². The average Bonchev–Trinajstić information content (AvgIpc) is 2.70. The molecule has 0 spiro atoms. The van der Waals surface area contributed by atoms with Crippen LogP contribution in [0.4, 0.5) is 4.39 Å². The number of aromatic amines is 1. The molecular weight excluding hydrogens is 257 g/mol. The van der Waals surface area contributed by atoms with Gasteiger partial charge in [-0.3, -0.25) is 9.36 Å². The second kappa shape index (κ2) is 5.18. The summed E-state index contributed by atoms with van der Waals surface area (Å²) in [5, 5.41) is 6.55. The molecule has 0 unspecified atom stereocenters. The molecule has 1 aromatic carbocycles. The Kier molecular flexibility index (Phi) is 3.61. The van der Waals surface area contributed by atoms with Crippen LogP contribution >= 0.6 is 11.8 Å². The number of aromatic nitrogens is 3. The zero-order chi connectivity index (χ0) is 13.1. The molecule has 0 aliphatic heterocycles. The summed E-state index contributed by atoms with van der Waals surface area (Å²) in [5.41, 5.74) is -0.357. The van der Waals surface area contributed by atoms with Gasteiger partial charge in [0.05, 0.1) is 5.56 Å². The summed E-state index contributed by atoms with van der Waals surface area (Å²) in [7, 11) is 0. The van der Waals surface area contributed by atoms with E-state index in [1.54, 1.807) is 13.0 Å². The van der Waals surface area contributed by atoms with Crippen molar-refractivity contribution in [1.29, 1.82) is 0 Å². The summed E-state index contributed by atoms with van der Waals surface area (Å²) in [4.78, 5) is 22.6. The Morgan fingerprint density at radius 1 is 1.56 bits per heavy atom. The summed E-state index contributed by atoms with van der Waals surface area (Å²) in [6.45, 7) is 2.25. The fraction of sp³-hybridized carbons (Fsp3) is 0.182. The number of benzene rings is 1. The van der Waals surface area contributed by atoms with Crippen molar-refractivity contribution in [2.45, 2.75) is 23.5 Å². The summed E-state index contributed by atoms with van der Waals surface area (Å²) in [6, 6.07) is 4.33. The maximum atomic E-state index is 13.4. The highest BCUT2D eigenvalue weighted by molar-refractivity contribution is 7.99. The van der Waals surface area contributed by atoms with Gasteiger partial charge in [0.1, 0.15) is 5.82 Å². The van der Waals surface area contributed by atoms with Crippen LogP contribution in [-0.2, 0) is 6.54 Å². The first kappa shape index (κ1) is 12.6. The second-order valence-electron chi connectivity index (χ2n) is 3.43. The zero-order valence-corrected chi connectivity index (χ0v) is 10.3. The van der Waals surface area contributed by atoms with Crippen molar-refractivity contribution >= 4 is 18.0 Å². The van der Waals surface area contributed by atoms with Crippen LogP contribution in [0.5, 0.6) is 0 Å². The monoisotopic (exact) mass is 267 g/mol. The van der Waals surface area contributed by atoms with Crippen molar-refractivity contribution in [3.05, 3.63) is 40.1 Å². The van der Waals surface area contributed by atoms with E-state index in [1.807, 2.05) is 0 Å². The molecule has 0 saturated heterocycles. The molecule has 18 heavy (non-hydrogen) atoms. The van der Waals surface area contributed by atoms with Crippen LogP contribution in [0.15, 0.2) is 33.0 Å². The molecule has 0 aliphatic rings. The molecule has 7 heteroatoms. The minimum atomic E-state index is -0.587. The fourth-order valence-electron chi connectivity index (χ4n) is 1.48. The van der Waals surface area contributed by atoms with Crippen molar-refractivity contribution < 1.29 is 9.18 Å².